The Morgan fingerprint density at radius 3 is 2.75 bits per heavy atom. The number of carbonyl (C=O) groups is 3. The Labute approximate surface area is 139 Å². The first kappa shape index (κ1) is 16.2. The SMILES string of the molecule is CC1(C)CC(=O)Nc2c(NC3=CC(=O)N(CCO)C3=O)cccc21. The van der Waals surface area contributed by atoms with E-state index in [0.29, 0.717) is 17.8 Å². The van der Waals surface area contributed by atoms with E-state index in [9.17, 15) is 14.4 Å². The third kappa shape index (κ3) is 2.67. The van der Waals surface area contributed by atoms with Gasteiger partial charge < -0.3 is 15.7 Å². The van der Waals surface area contributed by atoms with E-state index in [1.54, 1.807) is 6.07 Å². The molecule has 1 aromatic rings. The van der Waals surface area contributed by atoms with Crippen LogP contribution in [-0.2, 0) is 19.8 Å². The van der Waals surface area contributed by atoms with Gasteiger partial charge in [-0.3, -0.25) is 19.3 Å². The smallest absolute Gasteiger partial charge is 0.277 e. The van der Waals surface area contributed by atoms with Gasteiger partial charge in [-0.05, 0) is 11.6 Å². The molecule has 3 amide bonds. The minimum Gasteiger partial charge on any atom is -0.395 e. The molecule has 3 N–H and O–H groups in total. The van der Waals surface area contributed by atoms with E-state index < -0.39 is 11.8 Å². The Balaban J connectivity index is 1.93. The topological polar surface area (TPSA) is 98.7 Å². The Bertz CT molecular complexity index is 767. The molecule has 2 heterocycles. The fourth-order valence-corrected chi connectivity index (χ4v) is 3.09. The average Bonchev–Trinajstić information content (AvgIpc) is 2.75. The van der Waals surface area contributed by atoms with Gasteiger partial charge in [0, 0.05) is 17.9 Å². The number of carbonyl (C=O) groups excluding carboxylic acids is 3. The zero-order chi connectivity index (χ0) is 17.5. The van der Waals surface area contributed by atoms with Crippen molar-refractivity contribution in [2.75, 3.05) is 23.8 Å². The van der Waals surface area contributed by atoms with E-state index in [1.165, 1.54) is 6.08 Å². The van der Waals surface area contributed by atoms with Crippen LogP contribution in [0.4, 0.5) is 11.4 Å². The summed E-state index contributed by atoms with van der Waals surface area (Å²) in [6, 6.07) is 5.52. The molecule has 0 bridgehead atoms. The molecule has 1 aromatic carbocycles. The highest BCUT2D eigenvalue weighted by Crippen LogP contribution is 2.41. The van der Waals surface area contributed by atoms with Crippen LogP contribution in [0.15, 0.2) is 30.0 Å². The number of benzene rings is 1. The molecule has 126 valence electrons. The second kappa shape index (κ2) is 5.76. The van der Waals surface area contributed by atoms with Crippen molar-refractivity contribution in [2.45, 2.75) is 25.7 Å². The predicted octanol–water partition coefficient (Wildman–Crippen LogP) is 0.963. The van der Waals surface area contributed by atoms with E-state index in [2.05, 4.69) is 10.6 Å². The number of nitrogens with one attached hydrogen (secondary N) is 2. The van der Waals surface area contributed by atoms with Crippen LogP contribution in [0.2, 0.25) is 0 Å². The van der Waals surface area contributed by atoms with E-state index in [-0.39, 0.29) is 30.2 Å². The Hall–Kier alpha value is -2.67. The predicted molar refractivity (Wildman–Crippen MR) is 88.2 cm³/mol. The molecule has 0 aliphatic carbocycles. The summed E-state index contributed by atoms with van der Waals surface area (Å²) in [5.41, 5.74) is 1.96. The maximum Gasteiger partial charge on any atom is 0.277 e. The molecule has 7 heteroatoms. The first-order valence-corrected chi connectivity index (χ1v) is 7.72. The van der Waals surface area contributed by atoms with Gasteiger partial charge in [-0.1, -0.05) is 26.0 Å². The third-order valence-electron chi connectivity index (χ3n) is 4.26. The monoisotopic (exact) mass is 329 g/mol. The van der Waals surface area contributed by atoms with Gasteiger partial charge in [0.05, 0.1) is 24.5 Å². The molecule has 2 aliphatic heterocycles. The fraction of sp³-hybridized carbons (Fsp3) is 0.353. The molecule has 2 aliphatic rings. The van der Waals surface area contributed by atoms with Crippen molar-refractivity contribution >= 4 is 29.1 Å². The normalized spacial score (nSPS) is 19.0. The molecule has 0 atom stereocenters. The minimum atomic E-state index is -0.493. The zero-order valence-electron chi connectivity index (χ0n) is 13.5. The minimum absolute atomic E-state index is 0.0456. The highest BCUT2D eigenvalue weighted by atomic mass is 16.3. The lowest BCUT2D eigenvalue weighted by Crippen LogP contribution is -2.35. The van der Waals surface area contributed by atoms with Crippen LogP contribution in [0.5, 0.6) is 0 Å². The number of β-amino-alcohol motifs (C(OH)–C–C–N with tert-alkyl or cyclic N) is 1. The van der Waals surface area contributed by atoms with Crippen LogP contribution in [0.1, 0.15) is 25.8 Å². The number of hydrogen-bond acceptors (Lipinski definition) is 5. The van der Waals surface area contributed by atoms with Crippen LogP contribution in [0.25, 0.3) is 0 Å². The fourth-order valence-electron chi connectivity index (χ4n) is 3.09. The summed E-state index contributed by atoms with van der Waals surface area (Å²) in [6.45, 7) is 3.64. The van der Waals surface area contributed by atoms with Crippen molar-refractivity contribution in [2.24, 2.45) is 0 Å². The Morgan fingerprint density at radius 2 is 2.04 bits per heavy atom. The van der Waals surface area contributed by atoms with Crippen LogP contribution >= 0.6 is 0 Å². The average molecular weight is 329 g/mol. The maximum absolute atomic E-state index is 12.2. The molecule has 0 spiro atoms. The van der Waals surface area contributed by atoms with Crippen LogP contribution in [0, 0.1) is 0 Å². The van der Waals surface area contributed by atoms with Crippen molar-refractivity contribution in [1.82, 2.24) is 4.90 Å². The lowest BCUT2D eigenvalue weighted by molar-refractivity contribution is -0.137. The van der Waals surface area contributed by atoms with Crippen molar-refractivity contribution in [1.29, 1.82) is 0 Å². The largest absolute Gasteiger partial charge is 0.395 e. The van der Waals surface area contributed by atoms with Crippen LogP contribution in [0.3, 0.4) is 0 Å². The second-order valence-corrected chi connectivity index (χ2v) is 6.54. The summed E-state index contributed by atoms with van der Waals surface area (Å²) in [4.78, 5) is 37.0. The third-order valence-corrected chi connectivity index (χ3v) is 4.26. The summed E-state index contributed by atoms with van der Waals surface area (Å²) in [6.07, 6.45) is 1.58. The number of amides is 3. The second-order valence-electron chi connectivity index (χ2n) is 6.54. The number of hydrogen-bond donors (Lipinski definition) is 3. The van der Waals surface area contributed by atoms with Crippen molar-refractivity contribution in [3.05, 3.63) is 35.5 Å². The van der Waals surface area contributed by atoms with Crippen molar-refractivity contribution in [3.63, 3.8) is 0 Å². The standard InChI is InChI=1S/C17H19N3O4/c1-17(2)9-13(22)19-15-10(17)4-3-5-11(15)18-12-8-14(23)20(6-7-21)16(12)24/h3-5,8,18,21H,6-7,9H2,1-2H3,(H,19,22). The number of imide groups is 1. The molecule has 0 fully saturated rings. The van der Waals surface area contributed by atoms with Crippen LogP contribution < -0.4 is 10.6 Å². The molecule has 3 rings (SSSR count). The highest BCUT2D eigenvalue weighted by molar-refractivity contribution is 6.17. The summed E-state index contributed by atoms with van der Waals surface area (Å²) in [5, 5.41) is 14.7. The molecular weight excluding hydrogens is 310 g/mol. The molecule has 0 aromatic heterocycles. The summed E-state index contributed by atoms with van der Waals surface area (Å²) < 4.78 is 0. The zero-order valence-corrected chi connectivity index (χ0v) is 13.5. The van der Waals surface area contributed by atoms with Crippen molar-refractivity contribution in [3.8, 4) is 0 Å². The van der Waals surface area contributed by atoms with Gasteiger partial charge in [-0.2, -0.15) is 0 Å². The maximum atomic E-state index is 12.2. The van der Waals surface area contributed by atoms with E-state index >= 15 is 0 Å². The molecule has 0 unspecified atom stereocenters. The first-order chi connectivity index (χ1) is 11.3. The molecule has 24 heavy (non-hydrogen) atoms. The lowest BCUT2D eigenvalue weighted by Gasteiger charge is -2.33. The van der Waals surface area contributed by atoms with Gasteiger partial charge in [-0.15, -0.1) is 0 Å². The van der Waals surface area contributed by atoms with Gasteiger partial charge in [0.2, 0.25) is 5.91 Å². The van der Waals surface area contributed by atoms with Gasteiger partial charge in [-0.25, -0.2) is 0 Å². The lowest BCUT2D eigenvalue weighted by atomic mass is 9.77. The molecule has 0 saturated heterocycles. The number of aliphatic hydroxyl groups excluding tert-OH is 1. The highest BCUT2D eigenvalue weighted by Gasteiger charge is 2.35. The van der Waals surface area contributed by atoms with Crippen LogP contribution in [-0.4, -0.2) is 40.9 Å². The first-order valence-electron chi connectivity index (χ1n) is 7.72. The number of fused-ring (bicyclic) bond motifs is 1. The van der Waals surface area contributed by atoms with Gasteiger partial charge >= 0.3 is 0 Å². The quantitative estimate of drug-likeness (QED) is 0.715. The number of nitrogens with zero attached hydrogens (tertiary/aromatic N) is 1. The molecular formula is C17H19N3O4. The van der Waals surface area contributed by atoms with E-state index in [4.69, 9.17) is 5.11 Å². The van der Waals surface area contributed by atoms with Gasteiger partial charge in [0.25, 0.3) is 11.8 Å². The number of para-hydroxylation sites is 1. The Kier molecular flexibility index (Phi) is 3.88. The number of aliphatic hydroxyl groups is 1. The molecule has 7 nitrogen and oxygen atoms in total. The molecule has 0 saturated carbocycles. The van der Waals surface area contributed by atoms with E-state index in [0.717, 1.165) is 10.5 Å². The number of anilines is 2. The summed E-state index contributed by atoms with van der Waals surface area (Å²) in [7, 11) is 0. The Morgan fingerprint density at radius 1 is 1.29 bits per heavy atom. The summed E-state index contributed by atoms with van der Waals surface area (Å²) >= 11 is 0. The van der Waals surface area contributed by atoms with E-state index in [1.807, 2.05) is 26.0 Å². The summed E-state index contributed by atoms with van der Waals surface area (Å²) in [5.74, 6) is -1.05. The number of rotatable bonds is 4. The van der Waals surface area contributed by atoms with Crippen molar-refractivity contribution < 1.29 is 19.5 Å². The van der Waals surface area contributed by atoms with Gasteiger partial charge in [0.15, 0.2) is 0 Å². The molecule has 0 radical (unpaired) electrons. The van der Waals surface area contributed by atoms with Gasteiger partial charge in [0.1, 0.15) is 5.70 Å².